The van der Waals surface area contributed by atoms with Crippen LogP contribution in [0.5, 0.6) is 0 Å². The molecule has 24 heavy (non-hydrogen) atoms. The van der Waals surface area contributed by atoms with E-state index in [1.807, 2.05) is 13.8 Å². The van der Waals surface area contributed by atoms with E-state index in [4.69, 9.17) is 8.94 Å². The fourth-order valence-corrected chi connectivity index (χ4v) is 2.87. The second kappa shape index (κ2) is 6.51. The summed E-state index contributed by atoms with van der Waals surface area (Å²) in [7, 11) is 0. The molecule has 3 rings (SSSR count). The van der Waals surface area contributed by atoms with Crippen LogP contribution in [-0.4, -0.2) is 52.9 Å². The van der Waals surface area contributed by atoms with Gasteiger partial charge in [0.25, 0.3) is 11.8 Å². The molecule has 1 fully saturated rings. The molecule has 0 atom stereocenters. The van der Waals surface area contributed by atoms with Crippen LogP contribution >= 0.6 is 0 Å². The maximum absolute atomic E-state index is 12.8. The smallest absolute Gasteiger partial charge is 0.289 e. The van der Waals surface area contributed by atoms with Crippen LogP contribution in [0.2, 0.25) is 0 Å². The van der Waals surface area contributed by atoms with Crippen LogP contribution in [0.1, 0.15) is 52.1 Å². The number of nitrogens with zero attached hydrogens (tertiary/aromatic N) is 3. The van der Waals surface area contributed by atoms with Crippen molar-refractivity contribution in [2.24, 2.45) is 0 Å². The molecule has 0 unspecified atom stereocenters. The highest BCUT2D eigenvalue weighted by atomic mass is 16.5. The van der Waals surface area contributed by atoms with Crippen LogP contribution in [0, 0.1) is 6.92 Å². The zero-order chi connectivity index (χ0) is 17.3. The molecule has 0 aliphatic carbocycles. The Balaban J connectivity index is 1.68. The third kappa shape index (κ3) is 2.93. The molecule has 1 saturated heterocycles. The highest BCUT2D eigenvalue weighted by molar-refractivity contribution is 5.97. The highest BCUT2D eigenvalue weighted by Gasteiger charge is 2.30. The summed E-state index contributed by atoms with van der Waals surface area (Å²) >= 11 is 0. The first-order chi connectivity index (χ1) is 11.5. The predicted molar refractivity (Wildman–Crippen MR) is 85.8 cm³/mol. The zero-order valence-electron chi connectivity index (χ0n) is 14.1. The number of hydrogen-bond donors (Lipinski definition) is 0. The Morgan fingerprint density at radius 1 is 1.12 bits per heavy atom. The average Bonchev–Trinajstić information content (AvgIpc) is 3.23. The minimum atomic E-state index is -0.142. The Bertz CT molecular complexity index is 725. The quantitative estimate of drug-likeness (QED) is 0.862. The summed E-state index contributed by atoms with van der Waals surface area (Å²) in [6.45, 7) is 7.63. The number of furan rings is 1. The molecule has 7 heteroatoms. The normalized spacial score (nSPS) is 15.2. The largest absolute Gasteiger partial charge is 0.459 e. The number of hydrogen-bond acceptors (Lipinski definition) is 5. The Kier molecular flexibility index (Phi) is 4.42. The molecular formula is C17H21N3O4. The summed E-state index contributed by atoms with van der Waals surface area (Å²) in [6, 6.07) is 3.34. The van der Waals surface area contributed by atoms with Gasteiger partial charge in [-0.1, -0.05) is 19.0 Å². The average molecular weight is 331 g/mol. The Hall–Kier alpha value is -2.57. The van der Waals surface area contributed by atoms with Crippen molar-refractivity contribution in [1.82, 2.24) is 15.0 Å². The van der Waals surface area contributed by atoms with Gasteiger partial charge in [-0.25, -0.2) is 0 Å². The first kappa shape index (κ1) is 16.3. The number of aromatic nitrogens is 1. The molecule has 0 aromatic carbocycles. The van der Waals surface area contributed by atoms with Crippen LogP contribution in [0.15, 0.2) is 27.3 Å². The molecule has 1 aliphatic heterocycles. The van der Waals surface area contributed by atoms with Crippen molar-refractivity contribution in [1.29, 1.82) is 0 Å². The number of rotatable bonds is 3. The summed E-state index contributed by atoms with van der Waals surface area (Å²) in [5.74, 6) is 0.809. The SMILES string of the molecule is Cc1noc(C(C)C)c1C(=O)N1CCN(C(=O)c2ccco2)CC1. The fourth-order valence-electron chi connectivity index (χ4n) is 2.87. The highest BCUT2D eigenvalue weighted by Crippen LogP contribution is 2.24. The maximum atomic E-state index is 12.8. The van der Waals surface area contributed by atoms with E-state index in [0.29, 0.717) is 49.0 Å². The van der Waals surface area contributed by atoms with E-state index >= 15 is 0 Å². The Morgan fingerprint density at radius 3 is 2.29 bits per heavy atom. The van der Waals surface area contributed by atoms with Gasteiger partial charge in [0.15, 0.2) is 11.5 Å². The lowest BCUT2D eigenvalue weighted by atomic mass is 10.0. The molecule has 1 aliphatic rings. The molecule has 2 amide bonds. The molecule has 3 heterocycles. The molecule has 0 spiro atoms. The molecule has 7 nitrogen and oxygen atoms in total. The minimum Gasteiger partial charge on any atom is -0.459 e. The molecule has 0 saturated carbocycles. The van der Waals surface area contributed by atoms with Gasteiger partial charge in [-0.2, -0.15) is 0 Å². The molecule has 0 bridgehead atoms. The van der Waals surface area contributed by atoms with Crippen LogP contribution in [0.3, 0.4) is 0 Å². The minimum absolute atomic E-state index is 0.0810. The van der Waals surface area contributed by atoms with E-state index in [0.717, 1.165) is 0 Å². The van der Waals surface area contributed by atoms with Crippen LogP contribution in [-0.2, 0) is 0 Å². The van der Waals surface area contributed by atoms with E-state index in [1.54, 1.807) is 28.9 Å². The van der Waals surface area contributed by atoms with E-state index in [9.17, 15) is 9.59 Å². The first-order valence-corrected chi connectivity index (χ1v) is 8.07. The molecule has 2 aromatic heterocycles. The molecule has 2 aromatic rings. The van der Waals surface area contributed by atoms with Gasteiger partial charge in [-0.05, 0) is 19.1 Å². The van der Waals surface area contributed by atoms with Crippen molar-refractivity contribution in [2.75, 3.05) is 26.2 Å². The lowest BCUT2D eigenvalue weighted by Gasteiger charge is -2.34. The van der Waals surface area contributed by atoms with Crippen LogP contribution in [0.4, 0.5) is 0 Å². The topological polar surface area (TPSA) is 79.8 Å². The van der Waals surface area contributed by atoms with E-state index < -0.39 is 0 Å². The number of aryl methyl sites for hydroxylation is 1. The standard InChI is InChI=1S/C17H21N3O4/c1-11(2)15-14(12(3)18-24-15)17(22)20-8-6-19(7-9-20)16(21)13-5-4-10-23-13/h4-5,10-11H,6-9H2,1-3H3. The van der Waals surface area contributed by atoms with Gasteiger partial charge in [0.05, 0.1) is 12.0 Å². The first-order valence-electron chi connectivity index (χ1n) is 8.07. The summed E-state index contributed by atoms with van der Waals surface area (Å²) in [4.78, 5) is 28.5. The van der Waals surface area contributed by atoms with Gasteiger partial charge in [0, 0.05) is 32.1 Å². The molecule has 0 N–H and O–H groups in total. The summed E-state index contributed by atoms with van der Waals surface area (Å²) < 4.78 is 10.4. The molecule has 0 radical (unpaired) electrons. The Labute approximate surface area is 140 Å². The third-order valence-corrected chi connectivity index (χ3v) is 4.21. The number of amides is 2. The van der Waals surface area contributed by atoms with Gasteiger partial charge in [-0.3, -0.25) is 9.59 Å². The second-order valence-electron chi connectivity index (χ2n) is 6.22. The number of carbonyl (C=O) groups is 2. The van der Waals surface area contributed by atoms with Gasteiger partial charge >= 0.3 is 0 Å². The Morgan fingerprint density at radius 2 is 1.75 bits per heavy atom. The van der Waals surface area contributed by atoms with E-state index in [1.165, 1.54) is 6.26 Å². The van der Waals surface area contributed by atoms with Crippen LogP contribution < -0.4 is 0 Å². The van der Waals surface area contributed by atoms with Crippen molar-refractivity contribution in [3.63, 3.8) is 0 Å². The third-order valence-electron chi connectivity index (χ3n) is 4.21. The van der Waals surface area contributed by atoms with Crippen molar-refractivity contribution in [2.45, 2.75) is 26.7 Å². The zero-order valence-corrected chi connectivity index (χ0v) is 14.1. The number of carbonyl (C=O) groups excluding carboxylic acids is 2. The van der Waals surface area contributed by atoms with Gasteiger partial charge in [-0.15, -0.1) is 0 Å². The monoisotopic (exact) mass is 331 g/mol. The van der Waals surface area contributed by atoms with E-state index in [2.05, 4.69) is 5.16 Å². The second-order valence-corrected chi connectivity index (χ2v) is 6.22. The fraction of sp³-hybridized carbons (Fsp3) is 0.471. The number of piperazine rings is 1. The van der Waals surface area contributed by atoms with Gasteiger partial charge in [0.1, 0.15) is 5.56 Å². The maximum Gasteiger partial charge on any atom is 0.289 e. The van der Waals surface area contributed by atoms with E-state index in [-0.39, 0.29) is 17.7 Å². The van der Waals surface area contributed by atoms with Crippen molar-refractivity contribution in [3.05, 3.63) is 41.2 Å². The van der Waals surface area contributed by atoms with Crippen LogP contribution in [0.25, 0.3) is 0 Å². The van der Waals surface area contributed by atoms with Crippen molar-refractivity contribution < 1.29 is 18.5 Å². The predicted octanol–water partition coefficient (Wildman–Crippen LogP) is 2.30. The van der Waals surface area contributed by atoms with Crippen molar-refractivity contribution >= 4 is 11.8 Å². The lowest BCUT2D eigenvalue weighted by Crippen LogP contribution is -2.50. The summed E-state index contributed by atoms with van der Waals surface area (Å²) in [5, 5.41) is 3.93. The van der Waals surface area contributed by atoms with Gasteiger partial charge in [0.2, 0.25) is 0 Å². The summed E-state index contributed by atoms with van der Waals surface area (Å²) in [6.07, 6.45) is 1.48. The van der Waals surface area contributed by atoms with Gasteiger partial charge < -0.3 is 18.7 Å². The molecular weight excluding hydrogens is 310 g/mol. The lowest BCUT2D eigenvalue weighted by molar-refractivity contribution is 0.0516. The molecule has 128 valence electrons. The van der Waals surface area contributed by atoms with Crippen molar-refractivity contribution in [3.8, 4) is 0 Å². The summed E-state index contributed by atoms with van der Waals surface area (Å²) in [5.41, 5.74) is 1.16.